The number of benzene rings is 1. The molecule has 12 heteroatoms. The van der Waals surface area contributed by atoms with E-state index in [1.54, 1.807) is 0 Å². The smallest absolute Gasteiger partial charge is 0.258 e. The molecule has 0 saturated carbocycles. The highest BCUT2D eigenvalue weighted by Crippen LogP contribution is 2.40. The van der Waals surface area contributed by atoms with Crippen molar-refractivity contribution in [1.29, 1.82) is 0 Å². The third kappa shape index (κ3) is 4.82. The highest BCUT2D eigenvalue weighted by atomic mass is 35.5. The number of sulfonamides is 1. The largest absolute Gasteiger partial charge is 0.322 e. The zero-order valence-electron chi connectivity index (χ0n) is 18.9. The predicted molar refractivity (Wildman–Crippen MR) is 137 cm³/mol. The molecule has 2 aliphatic carbocycles. The summed E-state index contributed by atoms with van der Waals surface area (Å²) in [5, 5.41) is 3.09. The number of rotatable bonds is 7. The van der Waals surface area contributed by atoms with Gasteiger partial charge in [0.15, 0.2) is 0 Å². The summed E-state index contributed by atoms with van der Waals surface area (Å²) in [5.41, 5.74) is 5.79. The van der Waals surface area contributed by atoms with Crippen LogP contribution in [-0.2, 0) is 51.8 Å². The second-order valence-corrected chi connectivity index (χ2v) is 13.6. The number of amides is 1. The Kier molecular flexibility index (Phi) is 7.08. The van der Waals surface area contributed by atoms with Crippen LogP contribution >= 0.6 is 22.9 Å². The summed E-state index contributed by atoms with van der Waals surface area (Å²) in [4.78, 5) is 13.7. The first-order chi connectivity index (χ1) is 16.8. The molecule has 8 nitrogen and oxygen atoms in total. The Morgan fingerprint density at radius 3 is 2.43 bits per heavy atom. The third-order valence-electron chi connectivity index (χ3n) is 6.96. The van der Waals surface area contributed by atoms with Crippen LogP contribution < -0.4 is 10.0 Å². The van der Waals surface area contributed by atoms with Crippen LogP contribution in [0.2, 0.25) is 4.34 Å². The maximum absolute atomic E-state index is 13.7. The van der Waals surface area contributed by atoms with Crippen molar-refractivity contribution in [3.05, 3.63) is 56.6 Å². The lowest BCUT2D eigenvalue weighted by atomic mass is 9.98. The molecule has 2 aromatic rings. The van der Waals surface area contributed by atoms with Crippen LogP contribution in [0.1, 0.15) is 47.9 Å². The second-order valence-electron chi connectivity index (χ2n) is 8.99. The van der Waals surface area contributed by atoms with Crippen molar-refractivity contribution in [3.8, 4) is 0 Å². The summed E-state index contributed by atoms with van der Waals surface area (Å²) in [6.07, 6.45) is 7.97. The second kappa shape index (κ2) is 9.95. The lowest BCUT2D eigenvalue weighted by Gasteiger charge is -2.26. The van der Waals surface area contributed by atoms with E-state index in [9.17, 15) is 22.0 Å². The minimum Gasteiger partial charge on any atom is -0.322 e. The van der Waals surface area contributed by atoms with Crippen LogP contribution in [0.15, 0.2) is 34.2 Å². The molecular weight excluding hydrogens is 530 g/mol. The van der Waals surface area contributed by atoms with Crippen molar-refractivity contribution < 1.29 is 22.0 Å². The van der Waals surface area contributed by atoms with E-state index in [2.05, 4.69) is 16.1 Å². The molecule has 2 unspecified atom stereocenters. The highest BCUT2D eigenvalue weighted by molar-refractivity contribution is 7.91. The summed E-state index contributed by atoms with van der Waals surface area (Å²) in [7, 11) is -3.90. The van der Waals surface area contributed by atoms with Gasteiger partial charge < -0.3 is 5.32 Å². The van der Waals surface area contributed by atoms with Gasteiger partial charge in [-0.05, 0) is 85.8 Å². The Bertz CT molecular complexity index is 1310. The number of thiophene rings is 1. The van der Waals surface area contributed by atoms with Crippen LogP contribution in [-0.4, -0.2) is 40.0 Å². The van der Waals surface area contributed by atoms with Gasteiger partial charge in [0.1, 0.15) is 4.21 Å². The fourth-order valence-corrected chi connectivity index (χ4v) is 8.98. The van der Waals surface area contributed by atoms with Crippen molar-refractivity contribution >= 4 is 55.8 Å². The van der Waals surface area contributed by atoms with Gasteiger partial charge >= 0.3 is 0 Å². The monoisotopic (exact) mass is 555 g/mol. The number of nitrogens with zero attached hydrogens (tertiary/aromatic N) is 1. The van der Waals surface area contributed by atoms with Crippen molar-refractivity contribution in [2.45, 2.75) is 61.6 Å². The Labute approximate surface area is 216 Å². The van der Waals surface area contributed by atoms with Gasteiger partial charge in [0.2, 0.25) is 0 Å². The number of nitrogens with one attached hydrogen (secondary N) is 2. The van der Waals surface area contributed by atoms with E-state index in [1.807, 2.05) is 0 Å². The molecule has 2 atom stereocenters. The lowest BCUT2D eigenvalue weighted by Crippen LogP contribution is -2.40. The molecule has 1 aromatic heterocycles. The van der Waals surface area contributed by atoms with E-state index in [-0.39, 0.29) is 16.3 Å². The van der Waals surface area contributed by atoms with E-state index in [0.717, 1.165) is 66.7 Å². The summed E-state index contributed by atoms with van der Waals surface area (Å²) in [5.74, 6) is -0.464. The molecule has 1 aliphatic heterocycles. The molecule has 0 bridgehead atoms. The van der Waals surface area contributed by atoms with Crippen LogP contribution in [0.3, 0.4) is 0 Å². The van der Waals surface area contributed by atoms with Crippen molar-refractivity contribution in [1.82, 2.24) is 9.03 Å². The molecule has 3 aliphatic rings. The van der Waals surface area contributed by atoms with Gasteiger partial charge in [0.25, 0.3) is 27.2 Å². The van der Waals surface area contributed by atoms with E-state index < -0.39 is 33.2 Å². The summed E-state index contributed by atoms with van der Waals surface area (Å²) >= 11 is 4.54. The van der Waals surface area contributed by atoms with E-state index in [1.165, 1.54) is 33.8 Å². The van der Waals surface area contributed by atoms with E-state index in [0.29, 0.717) is 17.2 Å². The quantitative estimate of drug-likeness (QED) is 0.355. The minimum atomic E-state index is -3.90. The Morgan fingerprint density at radius 2 is 1.83 bits per heavy atom. The highest BCUT2D eigenvalue weighted by Gasteiger charge is 2.40. The molecule has 1 aromatic carbocycles. The van der Waals surface area contributed by atoms with Gasteiger partial charge in [-0.25, -0.2) is 12.6 Å². The molecule has 35 heavy (non-hydrogen) atoms. The number of carbonyl (C=O) groups excluding carboxylic acids is 1. The van der Waals surface area contributed by atoms with Crippen molar-refractivity contribution in [2.24, 2.45) is 0 Å². The molecular formula is C23H26ClN3O5S3. The molecule has 1 saturated heterocycles. The first kappa shape index (κ1) is 24.9. The Hall–Kier alpha value is -1.76. The molecule has 3 N–H and O–H groups in total. The third-order valence-corrected chi connectivity index (χ3v) is 10.9. The number of aryl methyl sites for hydroxylation is 2. The number of hydrogen-bond donors (Lipinski definition) is 3. The maximum Gasteiger partial charge on any atom is 0.258 e. The van der Waals surface area contributed by atoms with Crippen molar-refractivity contribution in [3.63, 3.8) is 0 Å². The number of halogens is 1. The van der Waals surface area contributed by atoms with Gasteiger partial charge in [0.05, 0.1) is 16.0 Å². The van der Waals surface area contributed by atoms with E-state index in [4.69, 9.17) is 11.6 Å². The number of fused-ring (bicyclic) bond motifs is 2. The molecule has 0 spiro atoms. The first-order valence-corrected chi connectivity index (χ1v) is 15.3. The predicted octanol–water partition coefficient (Wildman–Crippen LogP) is 3.78. The Balaban J connectivity index is 1.50. The standard InChI is InChI=1S/C23H26ClN3O5S3/c24-20-9-10-21(33-20)35(31,32)27-11-3-8-19(27)18(13-25-34(29)30)23(28)26-22-16-6-1-4-14(16)12-15-5-2-7-17(15)22/h9-10,12-13,19,25H,1-8,11H2,(H,26,28)(H,29,30). The summed E-state index contributed by atoms with van der Waals surface area (Å²) < 4.78 is 51.5. The zero-order chi connectivity index (χ0) is 24.7. The van der Waals surface area contributed by atoms with Crippen LogP contribution in [0.25, 0.3) is 0 Å². The van der Waals surface area contributed by atoms with Crippen LogP contribution in [0, 0.1) is 0 Å². The summed E-state index contributed by atoms with van der Waals surface area (Å²) in [6.45, 7) is 0.242. The van der Waals surface area contributed by atoms with Gasteiger partial charge in [-0.15, -0.1) is 11.3 Å². The molecule has 1 fully saturated rings. The van der Waals surface area contributed by atoms with Crippen LogP contribution in [0.5, 0.6) is 0 Å². The van der Waals surface area contributed by atoms with Crippen molar-refractivity contribution in [2.75, 3.05) is 11.9 Å². The molecule has 5 rings (SSSR count). The van der Waals surface area contributed by atoms with Crippen LogP contribution in [0.4, 0.5) is 5.69 Å². The first-order valence-electron chi connectivity index (χ1n) is 11.6. The number of hydrogen-bond acceptors (Lipinski definition) is 5. The SMILES string of the molecule is O=C(Nc1c2c(cc3c1CCC3)CCC2)C(=CNS(=O)O)C1CCCN1S(=O)(=O)c1ccc(Cl)s1. The lowest BCUT2D eigenvalue weighted by molar-refractivity contribution is -0.113. The molecule has 1 amide bonds. The minimum absolute atomic E-state index is 0.103. The number of carbonyl (C=O) groups is 1. The zero-order valence-corrected chi connectivity index (χ0v) is 22.1. The normalized spacial score (nSPS) is 21.1. The summed E-state index contributed by atoms with van der Waals surface area (Å²) in [6, 6.07) is 4.48. The Morgan fingerprint density at radius 1 is 1.14 bits per heavy atom. The average Bonchev–Trinajstić information content (AvgIpc) is 3.60. The van der Waals surface area contributed by atoms with Gasteiger partial charge in [-0.1, -0.05) is 17.7 Å². The van der Waals surface area contributed by atoms with Gasteiger partial charge in [-0.3, -0.25) is 14.1 Å². The molecule has 2 heterocycles. The van der Waals surface area contributed by atoms with E-state index >= 15 is 0 Å². The topological polar surface area (TPSA) is 116 Å². The number of anilines is 1. The molecule has 188 valence electrons. The molecule has 0 radical (unpaired) electrons. The fraction of sp³-hybridized carbons (Fsp3) is 0.435. The fourth-order valence-electron chi connectivity index (χ4n) is 5.47. The maximum atomic E-state index is 13.7. The van der Waals surface area contributed by atoms with Gasteiger partial charge in [0, 0.05) is 18.4 Å². The van der Waals surface area contributed by atoms with Gasteiger partial charge in [-0.2, -0.15) is 4.31 Å². The average molecular weight is 556 g/mol.